The molecule has 16 heavy (non-hydrogen) atoms. The Kier molecular flexibility index (Phi) is 4.16. The molecule has 0 aliphatic heterocycles. The van der Waals surface area contributed by atoms with Crippen LogP contribution in [0.15, 0.2) is 6.07 Å². The molecule has 1 heterocycles. The average Bonchev–Trinajstić information content (AvgIpc) is 2.24. The minimum absolute atomic E-state index is 0.324. The van der Waals surface area contributed by atoms with Crippen LogP contribution in [-0.4, -0.2) is 32.2 Å². The van der Waals surface area contributed by atoms with Gasteiger partial charge in [0.15, 0.2) is 11.6 Å². The van der Waals surface area contributed by atoms with E-state index < -0.39 is 0 Å². The highest BCUT2D eigenvalue weighted by molar-refractivity contribution is 5.48. The van der Waals surface area contributed by atoms with E-state index in [1.54, 1.807) is 6.07 Å². The van der Waals surface area contributed by atoms with Gasteiger partial charge in [0.1, 0.15) is 0 Å². The van der Waals surface area contributed by atoms with Crippen molar-refractivity contribution >= 4 is 17.6 Å². The van der Waals surface area contributed by atoms with E-state index in [1.807, 2.05) is 32.8 Å². The van der Waals surface area contributed by atoms with Gasteiger partial charge in [-0.25, -0.2) is 4.73 Å². The zero-order valence-electron chi connectivity index (χ0n) is 10.2. The topological polar surface area (TPSA) is 67.1 Å². The summed E-state index contributed by atoms with van der Waals surface area (Å²) >= 11 is 0. The smallest absolute Gasteiger partial charge is 0.348 e. The molecule has 0 amide bonds. The van der Waals surface area contributed by atoms with E-state index in [0.717, 1.165) is 10.5 Å². The average molecular weight is 225 g/mol. The van der Waals surface area contributed by atoms with E-state index in [2.05, 4.69) is 15.6 Å². The molecule has 0 aromatic carbocycles. The lowest BCUT2D eigenvalue weighted by Gasteiger charge is -2.18. The van der Waals surface area contributed by atoms with Crippen molar-refractivity contribution in [2.24, 2.45) is 0 Å². The van der Waals surface area contributed by atoms with Gasteiger partial charge >= 0.3 is 5.95 Å². The number of nitrogens with zero attached hydrogens (tertiary/aromatic N) is 3. The fourth-order valence-electron chi connectivity index (χ4n) is 1.28. The van der Waals surface area contributed by atoms with E-state index in [4.69, 9.17) is 0 Å². The van der Waals surface area contributed by atoms with Crippen LogP contribution in [0.4, 0.5) is 17.6 Å². The molecule has 1 aromatic heterocycles. The zero-order valence-corrected chi connectivity index (χ0v) is 10.2. The normalized spacial score (nSPS) is 10.0. The highest BCUT2D eigenvalue weighted by Gasteiger charge is 2.13. The molecule has 0 saturated carbocycles. The van der Waals surface area contributed by atoms with Crippen LogP contribution >= 0.6 is 0 Å². The number of nitrogens with one attached hydrogen (secondary N) is 2. The lowest BCUT2D eigenvalue weighted by atomic mass is 10.4. The molecule has 0 bridgehead atoms. The number of aromatic nitrogens is 2. The zero-order chi connectivity index (χ0) is 12.1. The maximum Gasteiger partial charge on any atom is 0.348 e. The number of rotatable bonds is 5. The molecule has 2 N–H and O–H groups in total. The van der Waals surface area contributed by atoms with Crippen LogP contribution in [0.1, 0.15) is 13.8 Å². The third-order valence-corrected chi connectivity index (χ3v) is 2.05. The summed E-state index contributed by atoms with van der Waals surface area (Å²) < 4.78 is 0.778. The molecular weight excluding hydrogens is 206 g/mol. The highest BCUT2D eigenvalue weighted by atomic mass is 16.5. The fourth-order valence-corrected chi connectivity index (χ4v) is 1.28. The molecule has 90 valence electrons. The van der Waals surface area contributed by atoms with Crippen LogP contribution in [0.3, 0.4) is 0 Å². The van der Waals surface area contributed by atoms with Crippen molar-refractivity contribution in [2.75, 3.05) is 42.7 Å². The summed E-state index contributed by atoms with van der Waals surface area (Å²) in [6.07, 6.45) is 0. The molecule has 0 unspecified atom stereocenters. The van der Waals surface area contributed by atoms with Crippen LogP contribution in [-0.2, 0) is 0 Å². The summed E-state index contributed by atoms with van der Waals surface area (Å²) in [6, 6.07) is 1.73. The highest BCUT2D eigenvalue weighted by Crippen LogP contribution is 2.14. The molecule has 0 fully saturated rings. The van der Waals surface area contributed by atoms with Gasteiger partial charge in [0, 0.05) is 27.2 Å². The van der Waals surface area contributed by atoms with Crippen LogP contribution in [0.2, 0.25) is 0 Å². The first kappa shape index (κ1) is 12.4. The predicted octanol–water partition coefficient (Wildman–Crippen LogP) is 0.645. The summed E-state index contributed by atoms with van der Waals surface area (Å²) in [4.78, 5) is 6.09. The van der Waals surface area contributed by atoms with E-state index in [1.165, 1.54) is 0 Å². The summed E-state index contributed by atoms with van der Waals surface area (Å²) in [5.74, 6) is 1.58. The van der Waals surface area contributed by atoms with E-state index >= 15 is 0 Å². The molecule has 0 spiro atoms. The van der Waals surface area contributed by atoms with E-state index in [9.17, 15) is 5.21 Å². The molecule has 0 aliphatic carbocycles. The fraction of sp³-hybridized carbons (Fsp3) is 0.600. The second-order valence-electron chi connectivity index (χ2n) is 3.57. The van der Waals surface area contributed by atoms with Crippen LogP contribution in [0.25, 0.3) is 0 Å². The first-order chi connectivity index (χ1) is 7.60. The lowest BCUT2D eigenvalue weighted by Crippen LogP contribution is -2.36. The molecule has 1 rings (SSSR count). The van der Waals surface area contributed by atoms with Gasteiger partial charge in [0.2, 0.25) is 0 Å². The summed E-state index contributed by atoms with van der Waals surface area (Å²) in [5, 5.41) is 17.8. The largest absolute Gasteiger partial charge is 0.754 e. The van der Waals surface area contributed by atoms with Crippen molar-refractivity contribution < 1.29 is 4.73 Å². The van der Waals surface area contributed by atoms with Crippen molar-refractivity contribution in [1.29, 1.82) is 0 Å². The molecule has 0 saturated heterocycles. The minimum atomic E-state index is 0.324. The molecule has 0 atom stereocenters. The van der Waals surface area contributed by atoms with Crippen molar-refractivity contribution in [1.82, 2.24) is 4.98 Å². The quantitative estimate of drug-likeness (QED) is 0.569. The maximum absolute atomic E-state index is 11.8. The number of hydrogen-bond donors (Lipinski definition) is 2. The van der Waals surface area contributed by atoms with Gasteiger partial charge in [-0.2, -0.15) is 0 Å². The third-order valence-electron chi connectivity index (χ3n) is 2.05. The van der Waals surface area contributed by atoms with Gasteiger partial charge in [-0.15, -0.1) is 0 Å². The van der Waals surface area contributed by atoms with Crippen molar-refractivity contribution in [3.05, 3.63) is 11.3 Å². The second-order valence-corrected chi connectivity index (χ2v) is 3.57. The first-order valence-electron chi connectivity index (χ1n) is 5.39. The summed E-state index contributed by atoms with van der Waals surface area (Å²) in [7, 11) is 3.78. The van der Waals surface area contributed by atoms with Crippen molar-refractivity contribution in [3.63, 3.8) is 0 Å². The minimum Gasteiger partial charge on any atom is -0.754 e. The van der Waals surface area contributed by atoms with E-state index in [0.29, 0.717) is 24.9 Å². The molecule has 0 radical (unpaired) electrons. The molecule has 1 aromatic rings. The monoisotopic (exact) mass is 225 g/mol. The van der Waals surface area contributed by atoms with Gasteiger partial charge in [-0.1, -0.05) is 4.98 Å². The standard InChI is InChI=1S/C10H19N5O/c1-5-11-8-7-9(14(3)4)13-10(12-6-2)15(8)16/h7,11H,5-6H2,1-4H3,(H,12,13). The maximum atomic E-state index is 11.8. The Balaban J connectivity index is 3.16. The Bertz CT molecular complexity index is 326. The number of hydrogen-bond acceptors (Lipinski definition) is 5. The van der Waals surface area contributed by atoms with Gasteiger partial charge in [0.25, 0.3) is 0 Å². The second kappa shape index (κ2) is 5.39. The van der Waals surface area contributed by atoms with Crippen LogP contribution < -0.4 is 20.3 Å². The van der Waals surface area contributed by atoms with Gasteiger partial charge in [0.05, 0.1) is 6.07 Å². The SMILES string of the molecule is CCNc1cc(N(C)C)nc(NCC)[n+]1[O-]. The Morgan fingerprint density at radius 3 is 2.44 bits per heavy atom. The number of anilines is 3. The van der Waals surface area contributed by atoms with Gasteiger partial charge in [-0.05, 0) is 13.8 Å². The molecule has 0 aliphatic rings. The summed E-state index contributed by atoms with van der Waals surface area (Å²) in [5.41, 5.74) is 0. The Labute approximate surface area is 95.9 Å². The van der Waals surface area contributed by atoms with Crippen molar-refractivity contribution in [2.45, 2.75) is 13.8 Å². The Hall–Kier alpha value is -1.72. The van der Waals surface area contributed by atoms with Gasteiger partial charge < -0.3 is 15.4 Å². The van der Waals surface area contributed by atoms with Gasteiger partial charge in [-0.3, -0.25) is 5.32 Å². The molecular formula is C10H19N5O. The third kappa shape index (κ3) is 2.65. The molecule has 6 nitrogen and oxygen atoms in total. The Morgan fingerprint density at radius 1 is 1.31 bits per heavy atom. The van der Waals surface area contributed by atoms with Crippen LogP contribution in [0, 0.1) is 5.21 Å². The van der Waals surface area contributed by atoms with Crippen LogP contribution in [0.5, 0.6) is 0 Å². The van der Waals surface area contributed by atoms with Crippen molar-refractivity contribution in [3.8, 4) is 0 Å². The summed E-state index contributed by atoms with van der Waals surface area (Å²) in [6.45, 7) is 5.24. The lowest BCUT2D eigenvalue weighted by molar-refractivity contribution is -0.577. The predicted molar refractivity (Wildman–Crippen MR) is 65.9 cm³/mol. The first-order valence-corrected chi connectivity index (χ1v) is 5.39. The molecule has 6 heteroatoms. The van der Waals surface area contributed by atoms with E-state index in [-0.39, 0.29) is 0 Å². The Morgan fingerprint density at radius 2 is 1.94 bits per heavy atom.